The maximum Gasteiger partial charge on any atom is 0.211 e. The summed E-state index contributed by atoms with van der Waals surface area (Å²) in [6, 6.07) is 7.83. The van der Waals surface area contributed by atoms with Crippen LogP contribution in [0.2, 0.25) is 0 Å². The predicted molar refractivity (Wildman–Crippen MR) is 69.8 cm³/mol. The standard InChI is InChI=1S/C12H18N4O/c1-2-7-17-9-11-6-4-3-5-10(11)8-15-16-12(13)14/h3-6,8H,2,7,9H2,1H3,(H4,13,14,16). The minimum absolute atomic E-state index is 0.0547. The van der Waals surface area contributed by atoms with E-state index < -0.39 is 0 Å². The van der Waals surface area contributed by atoms with Crippen molar-refractivity contribution in [3.05, 3.63) is 35.4 Å². The van der Waals surface area contributed by atoms with E-state index in [0.717, 1.165) is 24.2 Å². The molecule has 0 aliphatic carbocycles. The van der Waals surface area contributed by atoms with Gasteiger partial charge in [0.25, 0.3) is 0 Å². The summed E-state index contributed by atoms with van der Waals surface area (Å²) >= 11 is 0. The molecule has 92 valence electrons. The van der Waals surface area contributed by atoms with Gasteiger partial charge in [-0.1, -0.05) is 31.2 Å². The van der Waals surface area contributed by atoms with Gasteiger partial charge in [-0.2, -0.15) is 5.10 Å². The number of hydrogen-bond acceptors (Lipinski definition) is 3. The van der Waals surface area contributed by atoms with Gasteiger partial charge in [0.1, 0.15) is 0 Å². The van der Waals surface area contributed by atoms with Crippen molar-refractivity contribution >= 4 is 12.2 Å². The molecule has 0 fully saturated rings. The molecule has 0 atom stereocenters. The quantitative estimate of drug-likeness (QED) is 0.336. The molecule has 1 rings (SSSR count). The monoisotopic (exact) mass is 234 g/mol. The van der Waals surface area contributed by atoms with Crippen LogP contribution < -0.4 is 11.5 Å². The van der Waals surface area contributed by atoms with Gasteiger partial charge in [-0.15, -0.1) is 5.10 Å². The average molecular weight is 234 g/mol. The summed E-state index contributed by atoms with van der Waals surface area (Å²) in [4.78, 5) is 0. The van der Waals surface area contributed by atoms with Crippen molar-refractivity contribution in [2.45, 2.75) is 20.0 Å². The zero-order chi connectivity index (χ0) is 12.5. The number of benzene rings is 1. The lowest BCUT2D eigenvalue weighted by molar-refractivity contribution is 0.121. The van der Waals surface area contributed by atoms with Crippen molar-refractivity contribution in [1.29, 1.82) is 0 Å². The number of rotatable bonds is 6. The van der Waals surface area contributed by atoms with E-state index in [1.165, 1.54) is 0 Å². The van der Waals surface area contributed by atoms with Crippen LogP contribution in [0.4, 0.5) is 0 Å². The van der Waals surface area contributed by atoms with Crippen molar-refractivity contribution in [3.8, 4) is 0 Å². The summed E-state index contributed by atoms with van der Waals surface area (Å²) in [6.45, 7) is 3.39. The van der Waals surface area contributed by atoms with E-state index in [9.17, 15) is 0 Å². The lowest BCUT2D eigenvalue weighted by Gasteiger charge is -2.05. The average Bonchev–Trinajstić information content (AvgIpc) is 2.31. The van der Waals surface area contributed by atoms with Crippen LogP contribution in [-0.2, 0) is 11.3 Å². The molecule has 0 saturated heterocycles. The Morgan fingerprint density at radius 3 is 2.82 bits per heavy atom. The molecule has 1 aromatic rings. The van der Waals surface area contributed by atoms with Crippen LogP contribution in [0.3, 0.4) is 0 Å². The Bertz CT molecular complexity index is 397. The molecule has 5 heteroatoms. The zero-order valence-corrected chi connectivity index (χ0v) is 9.97. The summed E-state index contributed by atoms with van der Waals surface area (Å²) in [5.74, 6) is -0.0547. The van der Waals surface area contributed by atoms with Gasteiger partial charge in [0, 0.05) is 12.2 Å². The van der Waals surface area contributed by atoms with Crippen LogP contribution in [0.25, 0.3) is 0 Å². The SMILES string of the molecule is CCCOCc1ccccc1C=NN=C(N)N. The Labute approximate surface area is 101 Å². The molecule has 0 amide bonds. The van der Waals surface area contributed by atoms with Crippen molar-refractivity contribution in [1.82, 2.24) is 0 Å². The molecule has 0 aromatic heterocycles. The van der Waals surface area contributed by atoms with Crippen LogP contribution in [0.5, 0.6) is 0 Å². The first-order valence-electron chi connectivity index (χ1n) is 5.51. The summed E-state index contributed by atoms with van der Waals surface area (Å²) < 4.78 is 5.49. The third-order valence-electron chi connectivity index (χ3n) is 2.03. The number of nitrogens with two attached hydrogens (primary N) is 2. The summed E-state index contributed by atoms with van der Waals surface area (Å²) in [6.07, 6.45) is 2.62. The van der Waals surface area contributed by atoms with Crippen molar-refractivity contribution < 1.29 is 4.74 Å². The van der Waals surface area contributed by atoms with Gasteiger partial charge >= 0.3 is 0 Å². The number of hydrogen-bond donors (Lipinski definition) is 2. The molecule has 4 N–H and O–H groups in total. The second-order valence-corrected chi connectivity index (χ2v) is 3.52. The fourth-order valence-electron chi connectivity index (χ4n) is 1.28. The van der Waals surface area contributed by atoms with Crippen molar-refractivity contribution in [3.63, 3.8) is 0 Å². The molecule has 0 bridgehead atoms. The fourth-order valence-corrected chi connectivity index (χ4v) is 1.28. The van der Waals surface area contributed by atoms with Crippen molar-refractivity contribution in [2.75, 3.05) is 6.61 Å². The highest BCUT2D eigenvalue weighted by Crippen LogP contribution is 2.08. The zero-order valence-electron chi connectivity index (χ0n) is 9.97. The molecule has 0 aliphatic heterocycles. The predicted octanol–water partition coefficient (Wildman–Crippen LogP) is 1.22. The second-order valence-electron chi connectivity index (χ2n) is 3.52. The molecule has 1 aromatic carbocycles. The Hall–Kier alpha value is -1.88. The molecule has 0 spiro atoms. The van der Waals surface area contributed by atoms with Gasteiger partial charge in [-0.3, -0.25) is 0 Å². The highest BCUT2D eigenvalue weighted by Gasteiger charge is 1.98. The van der Waals surface area contributed by atoms with Gasteiger partial charge in [0.2, 0.25) is 5.96 Å². The number of nitrogens with zero attached hydrogens (tertiary/aromatic N) is 2. The third-order valence-corrected chi connectivity index (χ3v) is 2.03. The highest BCUT2D eigenvalue weighted by molar-refractivity contribution is 5.83. The molecule has 0 saturated carbocycles. The van der Waals surface area contributed by atoms with Crippen LogP contribution in [0.15, 0.2) is 34.5 Å². The molecular weight excluding hydrogens is 216 g/mol. The first kappa shape index (κ1) is 13.2. The van der Waals surface area contributed by atoms with Crippen LogP contribution in [-0.4, -0.2) is 18.8 Å². The molecule has 0 aliphatic rings. The molecule has 5 nitrogen and oxygen atoms in total. The van der Waals surface area contributed by atoms with E-state index in [0.29, 0.717) is 6.61 Å². The minimum Gasteiger partial charge on any atom is -0.377 e. The maximum absolute atomic E-state index is 5.49. The van der Waals surface area contributed by atoms with Gasteiger partial charge in [0.15, 0.2) is 0 Å². The summed E-state index contributed by atoms with van der Waals surface area (Å²) in [7, 11) is 0. The molecule has 0 unspecified atom stereocenters. The highest BCUT2D eigenvalue weighted by atomic mass is 16.5. The third kappa shape index (κ3) is 5.12. The summed E-state index contributed by atoms with van der Waals surface area (Å²) in [5, 5.41) is 7.35. The Balaban J connectivity index is 2.70. The van der Waals surface area contributed by atoms with Crippen LogP contribution >= 0.6 is 0 Å². The van der Waals surface area contributed by atoms with Gasteiger partial charge < -0.3 is 16.2 Å². The van der Waals surface area contributed by atoms with E-state index in [2.05, 4.69) is 17.1 Å². The lowest BCUT2D eigenvalue weighted by Crippen LogP contribution is -2.21. The van der Waals surface area contributed by atoms with Crippen LogP contribution in [0.1, 0.15) is 24.5 Å². The minimum atomic E-state index is -0.0547. The van der Waals surface area contributed by atoms with E-state index in [4.69, 9.17) is 16.2 Å². The maximum atomic E-state index is 5.49. The van der Waals surface area contributed by atoms with Gasteiger partial charge in [-0.05, 0) is 12.0 Å². The van der Waals surface area contributed by atoms with Crippen molar-refractivity contribution in [2.24, 2.45) is 21.7 Å². The molecule has 17 heavy (non-hydrogen) atoms. The van der Waals surface area contributed by atoms with Gasteiger partial charge in [0.05, 0.1) is 12.8 Å². The Morgan fingerprint density at radius 2 is 2.12 bits per heavy atom. The van der Waals surface area contributed by atoms with E-state index in [-0.39, 0.29) is 5.96 Å². The molecular formula is C12H18N4O. The lowest BCUT2D eigenvalue weighted by atomic mass is 10.1. The number of ether oxygens (including phenoxy) is 1. The smallest absolute Gasteiger partial charge is 0.211 e. The Morgan fingerprint density at radius 1 is 1.35 bits per heavy atom. The van der Waals surface area contributed by atoms with Gasteiger partial charge in [-0.25, -0.2) is 0 Å². The summed E-state index contributed by atoms with van der Waals surface area (Å²) in [5.41, 5.74) is 12.4. The first-order chi connectivity index (χ1) is 8.24. The second kappa shape index (κ2) is 7.40. The fraction of sp³-hybridized carbons (Fsp3) is 0.333. The van der Waals surface area contributed by atoms with E-state index >= 15 is 0 Å². The topological polar surface area (TPSA) is 86.0 Å². The normalized spacial score (nSPS) is 10.6. The number of guanidine groups is 1. The first-order valence-corrected chi connectivity index (χ1v) is 5.51. The largest absolute Gasteiger partial charge is 0.377 e. The Kier molecular flexibility index (Phi) is 5.74. The van der Waals surface area contributed by atoms with E-state index in [1.807, 2.05) is 24.3 Å². The van der Waals surface area contributed by atoms with Crippen LogP contribution in [0, 0.1) is 0 Å². The molecule has 0 radical (unpaired) electrons. The molecule has 0 heterocycles. The van der Waals surface area contributed by atoms with E-state index in [1.54, 1.807) is 6.21 Å².